The summed E-state index contributed by atoms with van der Waals surface area (Å²) in [7, 11) is 0. The number of anilines is 2. The Kier molecular flexibility index (Phi) is 6.12. The largest absolute Gasteiger partial charge is 0.416 e. The first-order chi connectivity index (χ1) is 13.7. The third kappa shape index (κ3) is 5.50. The Bertz CT molecular complexity index is 999. The second-order valence-corrected chi connectivity index (χ2v) is 6.86. The third-order valence-corrected chi connectivity index (χ3v) is 4.67. The maximum absolute atomic E-state index is 13.6. The van der Waals surface area contributed by atoms with Crippen molar-refractivity contribution >= 4 is 28.1 Å². The van der Waals surface area contributed by atoms with Gasteiger partial charge in [0.15, 0.2) is 5.13 Å². The van der Waals surface area contributed by atoms with E-state index in [1.165, 1.54) is 18.2 Å². The van der Waals surface area contributed by atoms with Gasteiger partial charge in [0.05, 0.1) is 17.7 Å². The molecule has 10 heteroatoms. The highest BCUT2D eigenvalue weighted by molar-refractivity contribution is 7.13. The van der Waals surface area contributed by atoms with Gasteiger partial charge in [0.1, 0.15) is 11.6 Å². The van der Waals surface area contributed by atoms with Gasteiger partial charge in [-0.15, -0.1) is 11.3 Å². The Morgan fingerprint density at radius 1 is 1.07 bits per heavy atom. The molecule has 1 aromatic heterocycles. The number of nitrogens with zero attached hydrogens (tertiary/aromatic N) is 1. The van der Waals surface area contributed by atoms with Gasteiger partial charge in [0.2, 0.25) is 5.91 Å². The summed E-state index contributed by atoms with van der Waals surface area (Å²) in [5.74, 6) is -2.01. The molecule has 0 spiro atoms. The number of amides is 1. The average Bonchev–Trinajstić information content (AvgIpc) is 3.07. The molecule has 3 rings (SSSR count). The van der Waals surface area contributed by atoms with E-state index in [1.54, 1.807) is 5.38 Å². The molecular weight excluding hydrogens is 413 g/mol. The zero-order valence-electron chi connectivity index (χ0n) is 14.7. The molecule has 3 aromatic rings. The van der Waals surface area contributed by atoms with E-state index in [0.29, 0.717) is 10.8 Å². The Balaban J connectivity index is 1.58. The average molecular weight is 427 g/mol. The van der Waals surface area contributed by atoms with E-state index in [0.717, 1.165) is 35.6 Å². The quantitative estimate of drug-likeness (QED) is 0.542. The van der Waals surface area contributed by atoms with Gasteiger partial charge in [-0.25, -0.2) is 13.8 Å². The molecule has 152 valence electrons. The van der Waals surface area contributed by atoms with Gasteiger partial charge in [-0.05, 0) is 30.3 Å². The number of carbonyl (C=O) groups excluding carboxylic acids is 1. The zero-order valence-corrected chi connectivity index (χ0v) is 15.5. The third-order valence-electron chi connectivity index (χ3n) is 3.86. The number of thiazole rings is 1. The molecule has 0 saturated heterocycles. The molecule has 29 heavy (non-hydrogen) atoms. The van der Waals surface area contributed by atoms with E-state index in [4.69, 9.17) is 0 Å². The first-order valence-electron chi connectivity index (χ1n) is 8.30. The predicted octanol–water partition coefficient (Wildman–Crippen LogP) is 5.04. The van der Waals surface area contributed by atoms with Crippen molar-refractivity contribution in [1.82, 2.24) is 10.3 Å². The van der Waals surface area contributed by atoms with Crippen molar-refractivity contribution in [2.45, 2.75) is 19.1 Å². The lowest BCUT2D eigenvalue weighted by atomic mass is 10.2. The highest BCUT2D eigenvalue weighted by atomic mass is 32.1. The summed E-state index contributed by atoms with van der Waals surface area (Å²) >= 11 is 1.12. The highest BCUT2D eigenvalue weighted by Gasteiger charge is 2.30. The van der Waals surface area contributed by atoms with E-state index >= 15 is 0 Å². The number of hydrogen-bond acceptors (Lipinski definition) is 4. The Morgan fingerprint density at radius 2 is 1.76 bits per heavy atom. The molecule has 0 unspecified atom stereocenters. The monoisotopic (exact) mass is 427 g/mol. The number of aromatic nitrogens is 1. The normalized spacial score (nSPS) is 11.3. The molecule has 0 radical (unpaired) electrons. The predicted molar refractivity (Wildman–Crippen MR) is 98.7 cm³/mol. The van der Waals surface area contributed by atoms with Gasteiger partial charge in [0.25, 0.3) is 0 Å². The van der Waals surface area contributed by atoms with Crippen LogP contribution in [0, 0.1) is 11.6 Å². The number of halogens is 5. The molecule has 0 aliphatic carbocycles. The van der Waals surface area contributed by atoms with Crippen LogP contribution in [0.1, 0.15) is 16.8 Å². The molecule has 1 amide bonds. The van der Waals surface area contributed by atoms with Crippen molar-refractivity contribution < 1.29 is 26.7 Å². The lowest BCUT2D eigenvalue weighted by Gasteiger charge is -2.09. The Hall–Kier alpha value is -3.01. The van der Waals surface area contributed by atoms with Crippen LogP contribution in [0.4, 0.5) is 32.8 Å². The van der Waals surface area contributed by atoms with Crippen LogP contribution in [0.3, 0.4) is 0 Å². The first-order valence-corrected chi connectivity index (χ1v) is 9.18. The number of rotatable bonds is 6. The van der Waals surface area contributed by atoms with Crippen LogP contribution in [0.25, 0.3) is 0 Å². The van der Waals surface area contributed by atoms with Gasteiger partial charge in [-0.1, -0.05) is 12.1 Å². The summed E-state index contributed by atoms with van der Waals surface area (Å²) in [6.07, 6.45) is -4.60. The molecule has 0 aliphatic heterocycles. The molecule has 4 nitrogen and oxygen atoms in total. The van der Waals surface area contributed by atoms with Crippen LogP contribution in [-0.4, -0.2) is 10.9 Å². The van der Waals surface area contributed by atoms with Crippen LogP contribution >= 0.6 is 11.3 Å². The number of hydrogen-bond donors (Lipinski definition) is 2. The fourth-order valence-corrected chi connectivity index (χ4v) is 3.19. The molecule has 0 saturated carbocycles. The van der Waals surface area contributed by atoms with E-state index in [1.807, 2.05) is 0 Å². The summed E-state index contributed by atoms with van der Waals surface area (Å²) in [4.78, 5) is 16.1. The minimum absolute atomic E-state index is 0.142. The molecule has 0 fully saturated rings. The number of carbonyl (C=O) groups is 1. The topological polar surface area (TPSA) is 54.0 Å². The molecular formula is C19H14F5N3OS. The summed E-state index contributed by atoms with van der Waals surface area (Å²) in [5.41, 5.74) is -0.457. The van der Waals surface area contributed by atoms with E-state index in [2.05, 4.69) is 15.6 Å². The second-order valence-electron chi connectivity index (χ2n) is 6.00. The molecule has 0 aliphatic rings. The lowest BCUT2D eigenvalue weighted by molar-refractivity contribution is -0.137. The number of benzene rings is 2. The van der Waals surface area contributed by atoms with Gasteiger partial charge >= 0.3 is 6.18 Å². The van der Waals surface area contributed by atoms with Crippen molar-refractivity contribution in [3.63, 3.8) is 0 Å². The molecule has 2 N–H and O–H groups in total. The summed E-state index contributed by atoms with van der Waals surface area (Å²) in [5, 5.41) is 7.05. The van der Waals surface area contributed by atoms with Crippen molar-refractivity contribution in [3.8, 4) is 0 Å². The minimum atomic E-state index is -4.46. The Morgan fingerprint density at radius 3 is 2.45 bits per heavy atom. The zero-order chi connectivity index (χ0) is 21.0. The fourth-order valence-electron chi connectivity index (χ4n) is 2.46. The van der Waals surface area contributed by atoms with Crippen LogP contribution in [0.15, 0.2) is 47.8 Å². The number of alkyl halides is 3. The van der Waals surface area contributed by atoms with Gasteiger partial charge in [-0.3, -0.25) is 4.79 Å². The van der Waals surface area contributed by atoms with Crippen molar-refractivity contribution in [2.24, 2.45) is 0 Å². The summed E-state index contributed by atoms with van der Waals surface area (Å²) in [6.45, 7) is -0.309. The number of nitrogens with one attached hydrogen (secondary N) is 2. The van der Waals surface area contributed by atoms with Crippen molar-refractivity contribution in [2.75, 3.05) is 5.32 Å². The lowest BCUT2D eigenvalue weighted by Crippen LogP contribution is -2.25. The molecule has 1 heterocycles. The van der Waals surface area contributed by atoms with E-state index in [-0.39, 0.29) is 24.2 Å². The Labute approximate surface area is 166 Å². The van der Waals surface area contributed by atoms with Crippen LogP contribution in [0.2, 0.25) is 0 Å². The van der Waals surface area contributed by atoms with Crippen LogP contribution in [0.5, 0.6) is 0 Å². The van der Waals surface area contributed by atoms with Gasteiger partial charge < -0.3 is 10.6 Å². The first kappa shape index (κ1) is 20.7. The van der Waals surface area contributed by atoms with Crippen LogP contribution < -0.4 is 10.6 Å². The van der Waals surface area contributed by atoms with E-state index in [9.17, 15) is 26.7 Å². The van der Waals surface area contributed by atoms with Crippen molar-refractivity contribution in [3.05, 3.63) is 76.3 Å². The smallest absolute Gasteiger partial charge is 0.351 e. The van der Waals surface area contributed by atoms with Gasteiger partial charge in [0, 0.05) is 23.2 Å². The maximum atomic E-state index is 13.6. The molecule has 0 bridgehead atoms. The van der Waals surface area contributed by atoms with Gasteiger partial charge in [-0.2, -0.15) is 13.2 Å². The van der Waals surface area contributed by atoms with Crippen LogP contribution in [-0.2, 0) is 23.9 Å². The fraction of sp³-hybridized carbons (Fsp3) is 0.158. The maximum Gasteiger partial charge on any atom is 0.416 e. The second kappa shape index (κ2) is 8.56. The molecule has 2 aromatic carbocycles. The summed E-state index contributed by atoms with van der Waals surface area (Å²) < 4.78 is 65.4. The highest BCUT2D eigenvalue weighted by Crippen LogP contribution is 2.31. The van der Waals surface area contributed by atoms with E-state index < -0.39 is 29.3 Å². The summed E-state index contributed by atoms with van der Waals surface area (Å²) in [6, 6.07) is 8.07. The standard InChI is InChI=1S/C19H14F5N3OS/c20-15-5-2-6-16(21)14(15)9-25-17(28)8-13-10-29-18(27-13)26-12-4-1-3-11(7-12)19(22,23)24/h1-7,10H,8-9H2,(H,25,28)(H,26,27). The SMILES string of the molecule is O=C(Cc1csc(Nc2cccc(C(F)(F)F)c2)n1)NCc1c(F)cccc1F. The van der Waals surface area contributed by atoms with Crippen molar-refractivity contribution in [1.29, 1.82) is 0 Å². The molecule has 0 atom stereocenters. The minimum Gasteiger partial charge on any atom is -0.351 e.